The van der Waals surface area contributed by atoms with Crippen molar-refractivity contribution in [1.82, 2.24) is 0 Å². The maximum Gasteiger partial charge on any atom is 0.193 e. The highest BCUT2D eigenvalue weighted by atomic mass is 16.7. The molecule has 3 saturated carbocycles. The Morgan fingerprint density at radius 3 is 2.77 bits per heavy atom. The molecule has 1 aliphatic heterocycles. The summed E-state index contributed by atoms with van der Waals surface area (Å²) in [6.45, 7) is 5.81. The van der Waals surface area contributed by atoms with E-state index in [2.05, 4.69) is 6.92 Å². The molecule has 0 radical (unpaired) electrons. The summed E-state index contributed by atoms with van der Waals surface area (Å²) in [5, 5.41) is 22.2. The van der Waals surface area contributed by atoms with Crippen molar-refractivity contribution in [2.75, 3.05) is 12.3 Å². The number of carbonyl (C=O) groups excluding carboxylic acids is 2. The van der Waals surface area contributed by atoms with Crippen LogP contribution in [0.3, 0.4) is 0 Å². The Morgan fingerprint density at radius 2 is 2.00 bits per heavy atom. The molecule has 2 aromatic carbocycles. The van der Waals surface area contributed by atoms with Gasteiger partial charge in [-0.1, -0.05) is 43.7 Å². The van der Waals surface area contributed by atoms with Gasteiger partial charge in [0.25, 0.3) is 0 Å². The normalized spacial score (nSPS) is 38.8. The fraction of sp³-hybridized carbons (Fsp3) is 0.500. The Bertz CT molecular complexity index is 1580. The third kappa shape index (κ3) is 4.18. The number of Topliss-reactive ketones (excluding diaryl/α,β-unsaturated/α-hetero) is 1. The first-order chi connectivity index (χ1) is 21.0. The molecule has 1 heterocycles. The number of allylic oxidation sites excluding steroid dienone is 4. The first kappa shape index (κ1) is 29.4. The van der Waals surface area contributed by atoms with Crippen molar-refractivity contribution < 1.29 is 34.0 Å². The second kappa shape index (κ2) is 10.4. The lowest BCUT2D eigenvalue weighted by molar-refractivity contribution is -0.201. The van der Waals surface area contributed by atoms with Crippen molar-refractivity contribution in [3.05, 3.63) is 83.0 Å². The summed E-state index contributed by atoms with van der Waals surface area (Å²) in [6, 6.07) is 13.3. The molecule has 0 aromatic heterocycles. The third-order valence-electron chi connectivity index (χ3n) is 11.7. The quantitative estimate of drug-likeness (QED) is 0.406. The first-order valence-corrected chi connectivity index (χ1v) is 15.7. The van der Waals surface area contributed by atoms with E-state index >= 15 is 0 Å². The van der Waals surface area contributed by atoms with Gasteiger partial charge in [-0.3, -0.25) is 9.59 Å². The number of nitrogens with two attached hydrogens (primary N) is 1. The molecule has 44 heavy (non-hydrogen) atoms. The minimum Gasteiger partial charge on any atom is -0.489 e. The SMILES string of the molecule is Cc1ccc(OCc2cccc(N)c2)cc1[C@H]1O[C@@H]2CC3[C@@H]4CCC5=CC(=O)C=C[C@]5(C)C4[C@@H](O)C[C@]3(C)[C@]2(C(=O)CO)O1. The van der Waals surface area contributed by atoms with E-state index in [1.54, 1.807) is 12.2 Å². The van der Waals surface area contributed by atoms with Gasteiger partial charge >= 0.3 is 0 Å². The van der Waals surface area contributed by atoms with Gasteiger partial charge in [-0.25, -0.2) is 0 Å². The van der Waals surface area contributed by atoms with Gasteiger partial charge in [0.15, 0.2) is 23.5 Å². The lowest BCUT2D eigenvalue weighted by atomic mass is 9.46. The molecule has 2 aromatic rings. The predicted octanol–water partition coefficient (Wildman–Crippen LogP) is 4.76. The zero-order valence-electron chi connectivity index (χ0n) is 25.5. The van der Waals surface area contributed by atoms with E-state index in [0.717, 1.165) is 35.1 Å². The van der Waals surface area contributed by atoms with Gasteiger partial charge in [0, 0.05) is 28.0 Å². The minimum absolute atomic E-state index is 0.00340. The summed E-state index contributed by atoms with van der Waals surface area (Å²) in [5.74, 6) is 0.286. The number of hydrogen-bond donors (Lipinski definition) is 3. The summed E-state index contributed by atoms with van der Waals surface area (Å²) in [4.78, 5) is 26.0. The van der Waals surface area contributed by atoms with Gasteiger partial charge in [-0.2, -0.15) is 0 Å². The van der Waals surface area contributed by atoms with E-state index in [1.165, 1.54) is 0 Å². The molecule has 9 atom stereocenters. The Balaban J connectivity index is 1.19. The van der Waals surface area contributed by atoms with Gasteiger partial charge < -0.3 is 30.2 Å². The molecule has 0 spiro atoms. The largest absolute Gasteiger partial charge is 0.489 e. The van der Waals surface area contributed by atoms with Crippen molar-refractivity contribution >= 4 is 17.3 Å². The van der Waals surface area contributed by atoms with E-state index in [1.807, 2.05) is 62.4 Å². The monoisotopic (exact) mass is 599 g/mol. The van der Waals surface area contributed by atoms with Crippen molar-refractivity contribution in [3.8, 4) is 5.75 Å². The molecule has 2 unspecified atom stereocenters. The van der Waals surface area contributed by atoms with Crippen LogP contribution in [0.15, 0.2) is 66.3 Å². The number of nitrogen functional groups attached to an aromatic ring is 1. The molecule has 4 fully saturated rings. The molecule has 232 valence electrons. The molecule has 0 bridgehead atoms. The predicted molar refractivity (Wildman–Crippen MR) is 163 cm³/mol. The van der Waals surface area contributed by atoms with Crippen LogP contribution in [0.1, 0.15) is 62.5 Å². The van der Waals surface area contributed by atoms with Crippen LogP contribution in [0.2, 0.25) is 0 Å². The molecule has 5 aliphatic rings. The highest BCUT2D eigenvalue weighted by Crippen LogP contribution is 2.70. The van der Waals surface area contributed by atoms with Gasteiger partial charge in [-0.05, 0) is 92.0 Å². The van der Waals surface area contributed by atoms with Crippen LogP contribution >= 0.6 is 0 Å². The second-order valence-corrected chi connectivity index (χ2v) is 13.9. The minimum atomic E-state index is -1.40. The van der Waals surface area contributed by atoms with Crippen LogP contribution < -0.4 is 10.5 Å². The van der Waals surface area contributed by atoms with Crippen LogP contribution in [0.4, 0.5) is 5.69 Å². The molecule has 4 N–H and O–H groups in total. The van der Waals surface area contributed by atoms with E-state index in [9.17, 15) is 19.8 Å². The lowest BCUT2D eigenvalue weighted by Gasteiger charge is -2.59. The standard InChI is InChI=1S/C36H41NO7/c1-20-7-9-25(42-19-21-5-4-6-23(37)13-21)15-27(20)33-43-31-16-28-26-10-8-22-14-24(39)11-12-34(22,2)32(26)29(40)17-35(28,3)36(31,44-33)30(41)18-38/h4-7,9,11-15,26,28-29,31-33,38,40H,8,10,16-19,37H2,1-3H3/t26-,28?,29-,31+,32?,33-,34-,35-,36+/m0/s1. The Kier molecular flexibility index (Phi) is 6.94. The highest BCUT2D eigenvalue weighted by molar-refractivity contribution is 6.01. The maximum absolute atomic E-state index is 13.9. The van der Waals surface area contributed by atoms with Gasteiger partial charge in [0.1, 0.15) is 19.0 Å². The van der Waals surface area contributed by atoms with Crippen molar-refractivity contribution in [1.29, 1.82) is 0 Å². The highest BCUT2D eigenvalue weighted by Gasteiger charge is 2.76. The number of aliphatic hydroxyl groups is 2. The van der Waals surface area contributed by atoms with E-state index in [4.69, 9.17) is 19.9 Å². The topological polar surface area (TPSA) is 128 Å². The number of fused-ring (bicyclic) bond motifs is 7. The molecule has 8 heteroatoms. The van der Waals surface area contributed by atoms with Gasteiger partial charge in [-0.15, -0.1) is 0 Å². The molecule has 0 amide bonds. The number of rotatable bonds is 6. The molecular formula is C36H41NO7. The van der Waals surface area contributed by atoms with Crippen LogP contribution in [-0.4, -0.2) is 46.2 Å². The number of ether oxygens (including phenoxy) is 3. The number of hydrogen-bond acceptors (Lipinski definition) is 8. The van der Waals surface area contributed by atoms with Crippen LogP contribution in [0.5, 0.6) is 5.75 Å². The summed E-state index contributed by atoms with van der Waals surface area (Å²) in [5.41, 5.74) is 7.74. The van der Waals surface area contributed by atoms with Gasteiger partial charge in [0.05, 0.1) is 12.2 Å². The fourth-order valence-electron chi connectivity index (χ4n) is 9.64. The van der Waals surface area contributed by atoms with Crippen LogP contribution in [0.25, 0.3) is 0 Å². The Hall–Kier alpha value is -3.30. The molecule has 4 aliphatic carbocycles. The average molecular weight is 600 g/mol. The summed E-state index contributed by atoms with van der Waals surface area (Å²) in [7, 11) is 0. The number of anilines is 1. The van der Waals surface area contributed by atoms with E-state index in [-0.39, 0.29) is 23.5 Å². The number of aliphatic hydroxyl groups excluding tert-OH is 2. The lowest BCUT2D eigenvalue weighted by Crippen LogP contribution is -2.63. The number of carbonyl (C=O) groups is 2. The smallest absolute Gasteiger partial charge is 0.193 e. The van der Waals surface area contributed by atoms with E-state index in [0.29, 0.717) is 30.9 Å². The fourth-order valence-corrected chi connectivity index (χ4v) is 9.64. The summed E-state index contributed by atoms with van der Waals surface area (Å²) < 4.78 is 19.5. The number of aryl methyl sites for hydroxylation is 1. The number of benzene rings is 2. The first-order valence-electron chi connectivity index (χ1n) is 15.7. The van der Waals surface area contributed by atoms with Crippen molar-refractivity contribution in [2.45, 2.75) is 77.2 Å². The molecule has 7 rings (SSSR count). The maximum atomic E-state index is 13.9. The summed E-state index contributed by atoms with van der Waals surface area (Å²) in [6.07, 6.45) is 5.73. The Morgan fingerprint density at radius 1 is 1.18 bits per heavy atom. The second-order valence-electron chi connectivity index (χ2n) is 13.9. The Labute approximate surface area is 257 Å². The zero-order valence-corrected chi connectivity index (χ0v) is 25.5. The molecular weight excluding hydrogens is 558 g/mol. The van der Waals surface area contributed by atoms with Crippen molar-refractivity contribution in [3.63, 3.8) is 0 Å². The van der Waals surface area contributed by atoms with Gasteiger partial charge in [0.2, 0.25) is 0 Å². The van der Waals surface area contributed by atoms with Crippen LogP contribution in [0, 0.1) is 35.5 Å². The summed E-state index contributed by atoms with van der Waals surface area (Å²) >= 11 is 0. The molecule has 1 saturated heterocycles. The average Bonchev–Trinajstić information content (AvgIpc) is 3.49. The zero-order chi connectivity index (χ0) is 31.0. The molecule has 8 nitrogen and oxygen atoms in total. The van der Waals surface area contributed by atoms with Crippen molar-refractivity contribution in [2.24, 2.45) is 28.6 Å². The van der Waals surface area contributed by atoms with E-state index < -0.39 is 47.3 Å². The third-order valence-corrected chi connectivity index (χ3v) is 11.7. The van der Waals surface area contributed by atoms with Crippen LogP contribution in [-0.2, 0) is 25.7 Å². The number of ketones is 2.